The van der Waals surface area contributed by atoms with Gasteiger partial charge in [-0.25, -0.2) is 4.79 Å². The number of Topliss-reactive ketones (excluding diaryl/α,β-unsaturated/α-hetero) is 1. The average Bonchev–Trinajstić information content (AvgIpc) is 3.22. The number of aryl methyl sites for hydroxylation is 1. The first-order chi connectivity index (χ1) is 16.0. The Morgan fingerprint density at radius 1 is 1.00 bits per heavy atom. The highest BCUT2D eigenvalue weighted by molar-refractivity contribution is 6.04. The number of H-pyrrole nitrogens is 1. The molecular formula is C27H29NO5. The second-order valence-corrected chi connectivity index (χ2v) is 8.21. The lowest BCUT2D eigenvalue weighted by atomic mass is 9.80. The Kier molecular flexibility index (Phi) is 6.82. The van der Waals surface area contributed by atoms with E-state index < -0.39 is 5.97 Å². The van der Waals surface area contributed by atoms with Gasteiger partial charge in [-0.15, -0.1) is 0 Å². The molecule has 0 amide bonds. The standard InChI is InChI=1S/C27H29NO5/c1-4-33-27(30)26-22(13-8-17-6-5-7-21(14-17)32-3)25-23(28-26)15-19(16-24(25)29)18-9-11-20(31-2)12-10-18/h5-7,9-12,14,19,28H,4,8,13,15-16H2,1-3H3/t19-/m1/s1. The summed E-state index contributed by atoms with van der Waals surface area (Å²) >= 11 is 0. The molecule has 2 aromatic carbocycles. The smallest absolute Gasteiger partial charge is 0.355 e. The molecule has 0 saturated heterocycles. The minimum atomic E-state index is -0.415. The van der Waals surface area contributed by atoms with Gasteiger partial charge in [0.1, 0.15) is 17.2 Å². The van der Waals surface area contributed by atoms with E-state index in [1.807, 2.05) is 48.5 Å². The summed E-state index contributed by atoms with van der Waals surface area (Å²) in [6, 6.07) is 15.7. The maximum atomic E-state index is 13.3. The minimum absolute atomic E-state index is 0.0517. The fourth-order valence-electron chi connectivity index (χ4n) is 4.57. The van der Waals surface area contributed by atoms with E-state index in [-0.39, 0.29) is 18.3 Å². The summed E-state index contributed by atoms with van der Waals surface area (Å²) in [5.41, 5.74) is 4.79. The maximum absolute atomic E-state index is 13.3. The zero-order valence-electron chi connectivity index (χ0n) is 19.3. The SMILES string of the molecule is CCOC(=O)c1[nH]c2c(c1CCc1cccc(OC)c1)C(=O)C[C@H](c1ccc(OC)cc1)C2. The summed E-state index contributed by atoms with van der Waals surface area (Å²) in [6.45, 7) is 2.06. The van der Waals surface area contributed by atoms with Crippen molar-refractivity contribution in [3.05, 3.63) is 82.2 Å². The second-order valence-electron chi connectivity index (χ2n) is 8.21. The molecule has 0 bridgehead atoms. The van der Waals surface area contributed by atoms with Crippen LogP contribution in [-0.4, -0.2) is 37.6 Å². The van der Waals surface area contributed by atoms with Crippen LogP contribution in [0.25, 0.3) is 0 Å². The Morgan fingerprint density at radius 2 is 1.76 bits per heavy atom. The van der Waals surface area contributed by atoms with Gasteiger partial charge in [0.05, 0.1) is 20.8 Å². The van der Waals surface area contributed by atoms with E-state index in [4.69, 9.17) is 14.2 Å². The van der Waals surface area contributed by atoms with E-state index in [1.165, 1.54) is 0 Å². The predicted molar refractivity (Wildman–Crippen MR) is 126 cm³/mol. The normalized spacial score (nSPS) is 15.1. The predicted octanol–water partition coefficient (Wildman–Crippen LogP) is 4.91. The molecule has 3 aromatic rings. The van der Waals surface area contributed by atoms with Crippen molar-refractivity contribution in [3.8, 4) is 11.5 Å². The van der Waals surface area contributed by atoms with Crippen molar-refractivity contribution in [2.75, 3.05) is 20.8 Å². The van der Waals surface area contributed by atoms with Crippen LogP contribution in [0.3, 0.4) is 0 Å². The third kappa shape index (κ3) is 4.80. The molecule has 0 saturated carbocycles. The number of carbonyl (C=O) groups excluding carboxylic acids is 2. The first kappa shape index (κ1) is 22.6. The van der Waals surface area contributed by atoms with Crippen molar-refractivity contribution in [1.82, 2.24) is 4.98 Å². The molecule has 1 aliphatic rings. The van der Waals surface area contributed by atoms with Gasteiger partial charge in [-0.1, -0.05) is 24.3 Å². The fourth-order valence-corrected chi connectivity index (χ4v) is 4.57. The first-order valence-electron chi connectivity index (χ1n) is 11.2. The maximum Gasteiger partial charge on any atom is 0.355 e. The molecular weight excluding hydrogens is 418 g/mol. The van der Waals surface area contributed by atoms with Crippen LogP contribution in [0, 0.1) is 0 Å². The molecule has 1 aliphatic carbocycles. The highest BCUT2D eigenvalue weighted by atomic mass is 16.5. The van der Waals surface area contributed by atoms with E-state index in [2.05, 4.69) is 4.98 Å². The van der Waals surface area contributed by atoms with Gasteiger partial charge in [-0.05, 0) is 73.1 Å². The van der Waals surface area contributed by atoms with Crippen LogP contribution in [0.15, 0.2) is 48.5 Å². The summed E-state index contributed by atoms with van der Waals surface area (Å²) < 4.78 is 15.9. The molecule has 6 nitrogen and oxygen atoms in total. The highest BCUT2D eigenvalue weighted by Crippen LogP contribution is 2.36. The number of esters is 1. The number of methoxy groups -OCH3 is 2. The van der Waals surface area contributed by atoms with Crippen LogP contribution in [0.5, 0.6) is 11.5 Å². The number of fused-ring (bicyclic) bond motifs is 1. The number of ketones is 1. The number of aromatic nitrogens is 1. The molecule has 0 fully saturated rings. The third-order valence-electron chi connectivity index (χ3n) is 6.21. The molecule has 1 aromatic heterocycles. The first-order valence-corrected chi connectivity index (χ1v) is 11.2. The molecule has 1 heterocycles. The van der Waals surface area contributed by atoms with E-state index in [0.717, 1.165) is 33.9 Å². The summed E-state index contributed by atoms with van der Waals surface area (Å²) in [6.07, 6.45) is 2.32. The quantitative estimate of drug-likeness (QED) is 0.497. The molecule has 1 atom stereocenters. The van der Waals surface area contributed by atoms with Gasteiger partial charge in [-0.3, -0.25) is 4.79 Å². The number of nitrogens with one attached hydrogen (secondary N) is 1. The van der Waals surface area contributed by atoms with Crippen LogP contribution in [0.4, 0.5) is 0 Å². The van der Waals surface area contributed by atoms with Crippen LogP contribution in [0.2, 0.25) is 0 Å². The molecule has 0 spiro atoms. The summed E-state index contributed by atoms with van der Waals surface area (Å²) in [5.74, 6) is 1.26. The second kappa shape index (κ2) is 9.94. The number of benzene rings is 2. The van der Waals surface area contributed by atoms with Gasteiger partial charge in [-0.2, -0.15) is 0 Å². The molecule has 33 heavy (non-hydrogen) atoms. The molecule has 0 unspecified atom stereocenters. The number of rotatable bonds is 8. The van der Waals surface area contributed by atoms with E-state index in [0.29, 0.717) is 36.9 Å². The Balaban J connectivity index is 1.64. The van der Waals surface area contributed by atoms with Crippen molar-refractivity contribution >= 4 is 11.8 Å². The van der Waals surface area contributed by atoms with Gasteiger partial charge in [0.25, 0.3) is 0 Å². The van der Waals surface area contributed by atoms with Crippen LogP contribution in [-0.2, 0) is 24.0 Å². The fraction of sp³-hybridized carbons (Fsp3) is 0.333. The van der Waals surface area contributed by atoms with Crippen LogP contribution >= 0.6 is 0 Å². The highest BCUT2D eigenvalue weighted by Gasteiger charge is 2.33. The van der Waals surface area contributed by atoms with Crippen molar-refractivity contribution in [2.45, 2.75) is 38.5 Å². The topological polar surface area (TPSA) is 77.6 Å². The van der Waals surface area contributed by atoms with Crippen LogP contribution in [0.1, 0.15) is 62.5 Å². The van der Waals surface area contributed by atoms with Gasteiger partial charge in [0.2, 0.25) is 0 Å². The molecule has 6 heteroatoms. The van der Waals surface area contributed by atoms with Gasteiger partial charge >= 0.3 is 5.97 Å². The molecule has 172 valence electrons. The number of carbonyl (C=O) groups is 2. The zero-order valence-corrected chi connectivity index (χ0v) is 19.3. The molecule has 0 radical (unpaired) electrons. The van der Waals surface area contributed by atoms with E-state index >= 15 is 0 Å². The zero-order chi connectivity index (χ0) is 23.4. The number of ether oxygens (including phenoxy) is 3. The third-order valence-corrected chi connectivity index (χ3v) is 6.21. The Morgan fingerprint density at radius 3 is 2.45 bits per heavy atom. The lowest BCUT2D eigenvalue weighted by molar-refractivity contribution is 0.0518. The van der Waals surface area contributed by atoms with E-state index in [1.54, 1.807) is 21.1 Å². The lowest BCUT2D eigenvalue weighted by Crippen LogP contribution is -2.19. The monoisotopic (exact) mass is 447 g/mol. The van der Waals surface area contributed by atoms with Crippen molar-refractivity contribution in [3.63, 3.8) is 0 Å². The Hall–Kier alpha value is -3.54. The van der Waals surface area contributed by atoms with Crippen LogP contribution < -0.4 is 9.47 Å². The van der Waals surface area contributed by atoms with Crippen molar-refractivity contribution in [2.24, 2.45) is 0 Å². The summed E-state index contributed by atoms with van der Waals surface area (Å²) in [7, 11) is 3.27. The largest absolute Gasteiger partial charge is 0.497 e. The van der Waals surface area contributed by atoms with Gasteiger partial charge in [0, 0.05) is 17.7 Å². The Labute approximate surface area is 193 Å². The number of hydrogen-bond donors (Lipinski definition) is 1. The lowest BCUT2D eigenvalue weighted by Gasteiger charge is -2.22. The summed E-state index contributed by atoms with van der Waals surface area (Å²) in [4.78, 5) is 29.3. The van der Waals surface area contributed by atoms with Crippen molar-refractivity contribution < 1.29 is 23.8 Å². The number of hydrogen-bond acceptors (Lipinski definition) is 5. The summed E-state index contributed by atoms with van der Waals surface area (Å²) in [5, 5.41) is 0. The molecule has 4 rings (SSSR count). The minimum Gasteiger partial charge on any atom is -0.497 e. The van der Waals surface area contributed by atoms with E-state index in [9.17, 15) is 9.59 Å². The van der Waals surface area contributed by atoms with Gasteiger partial charge < -0.3 is 19.2 Å². The average molecular weight is 448 g/mol. The number of aromatic amines is 1. The van der Waals surface area contributed by atoms with Gasteiger partial charge in [0.15, 0.2) is 5.78 Å². The Bertz CT molecular complexity index is 1150. The van der Waals surface area contributed by atoms with Crippen molar-refractivity contribution in [1.29, 1.82) is 0 Å². The molecule has 1 N–H and O–H groups in total. The molecule has 0 aliphatic heterocycles.